The Morgan fingerprint density at radius 2 is 0.464 bits per heavy atom. The molecule has 0 aliphatic rings. The number of rotatable bonds is 7. The molecular formula is C38H48N4O12Tb2. The van der Waals surface area contributed by atoms with Gasteiger partial charge in [0.15, 0.2) is 46.3 Å². The summed E-state index contributed by atoms with van der Waals surface area (Å²) in [5.41, 5.74) is 0. The predicted octanol–water partition coefficient (Wildman–Crippen LogP) is -0.0294. The second-order valence-corrected chi connectivity index (χ2v) is 10.3. The standard InChI is InChI=1S/C8H6N4.6C5H8O2.2Tb/c1-3-9-7(10-4-1)8-11-5-2-6-12-8;6*1-4(6)3-5(2)7;;/h1-6H;6*3,6H,1-2H3;;/q;;;;;;;2*+3/p-6/b;6*4-3-;;. The SMILES string of the molecule is CC(=O)/C=C(/C)[O-].CC(=O)/C=C(/C)[O-].CC(=O)/C=C(/C)[O-].CC(=O)/C=C(/C)[O-].CC(=O)/C=C(/C)[O-].CC(=O)/C=C(/C)[O-].[Tb+3].[Tb+3].c1cnc(-c2ncccn2)nc1. The van der Waals surface area contributed by atoms with Gasteiger partial charge in [0, 0.05) is 24.8 Å². The molecule has 0 aliphatic carbocycles. The minimum absolute atomic E-state index is 0. The molecule has 0 bridgehead atoms. The number of carbonyl (C=O) groups is 6. The fraction of sp³-hybridized carbons (Fsp3) is 0.316. The Hall–Kier alpha value is -4.01. The average Bonchev–Trinajstić information content (AvgIpc) is 2.96. The van der Waals surface area contributed by atoms with E-state index in [2.05, 4.69) is 19.9 Å². The Balaban J connectivity index is -0.000000101. The first-order chi connectivity index (χ1) is 24.7. The van der Waals surface area contributed by atoms with E-state index < -0.39 is 0 Å². The molecule has 16 nitrogen and oxygen atoms in total. The third kappa shape index (κ3) is 75.0. The van der Waals surface area contributed by atoms with Crippen LogP contribution in [0.1, 0.15) is 83.1 Å². The van der Waals surface area contributed by atoms with Gasteiger partial charge in [-0.2, -0.15) is 0 Å². The van der Waals surface area contributed by atoms with Gasteiger partial charge < -0.3 is 30.6 Å². The number of carbonyl (C=O) groups excluding carboxylic acids is 6. The minimum atomic E-state index is -0.187. The van der Waals surface area contributed by atoms with Gasteiger partial charge in [-0.05, 0) is 90.1 Å². The van der Waals surface area contributed by atoms with Crippen molar-refractivity contribution < 1.29 is 137 Å². The molecule has 0 saturated heterocycles. The number of hydrogen-bond donors (Lipinski definition) is 0. The molecule has 2 heterocycles. The van der Waals surface area contributed by atoms with Crippen molar-refractivity contribution in [2.24, 2.45) is 0 Å². The predicted molar refractivity (Wildman–Crippen MR) is 190 cm³/mol. The first-order valence-electron chi connectivity index (χ1n) is 15.4. The summed E-state index contributed by atoms with van der Waals surface area (Å²) in [5.74, 6) is -1.14. The van der Waals surface area contributed by atoms with E-state index in [4.69, 9.17) is 0 Å². The molecule has 2 aromatic rings. The molecule has 310 valence electrons. The van der Waals surface area contributed by atoms with Crippen LogP contribution in [0.2, 0.25) is 0 Å². The smallest absolute Gasteiger partial charge is 0.876 e. The molecule has 0 aliphatic heterocycles. The van der Waals surface area contributed by atoms with Gasteiger partial charge in [0.05, 0.1) is 0 Å². The molecule has 0 saturated carbocycles. The number of allylic oxidation sites excluding steroid dienone is 12. The van der Waals surface area contributed by atoms with E-state index in [9.17, 15) is 59.4 Å². The van der Waals surface area contributed by atoms with Gasteiger partial charge in [0.25, 0.3) is 0 Å². The van der Waals surface area contributed by atoms with Crippen LogP contribution in [-0.2, 0) is 28.8 Å². The quantitative estimate of drug-likeness (QED) is 0.260. The summed E-state index contributed by atoms with van der Waals surface area (Å²) in [6, 6.07) is 3.51. The van der Waals surface area contributed by atoms with Crippen molar-refractivity contribution in [1.29, 1.82) is 0 Å². The summed E-state index contributed by atoms with van der Waals surface area (Å²) in [7, 11) is 0. The van der Waals surface area contributed by atoms with Crippen LogP contribution in [0.4, 0.5) is 0 Å². The molecule has 2 aromatic heterocycles. The van der Waals surface area contributed by atoms with E-state index in [0.29, 0.717) is 11.6 Å². The second-order valence-electron chi connectivity index (χ2n) is 10.3. The zero-order valence-electron chi connectivity index (χ0n) is 33.3. The van der Waals surface area contributed by atoms with Gasteiger partial charge in [-0.1, -0.05) is 41.5 Å². The summed E-state index contributed by atoms with van der Waals surface area (Å²) in [4.78, 5) is 75.9. The number of hydrogen-bond acceptors (Lipinski definition) is 16. The number of ketones is 6. The molecule has 0 fully saturated rings. The maximum atomic E-state index is 9.98. The third-order valence-electron chi connectivity index (χ3n) is 3.77. The van der Waals surface area contributed by atoms with E-state index in [-0.39, 0.29) is 146 Å². The first-order valence-corrected chi connectivity index (χ1v) is 15.4. The van der Waals surface area contributed by atoms with Gasteiger partial charge >= 0.3 is 77.2 Å². The summed E-state index contributed by atoms with van der Waals surface area (Å²) < 4.78 is 0. The van der Waals surface area contributed by atoms with Crippen molar-refractivity contribution in [1.82, 2.24) is 19.9 Å². The van der Waals surface area contributed by atoms with Gasteiger partial charge in [0.1, 0.15) is 0 Å². The Morgan fingerprint density at radius 3 is 0.536 bits per heavy atom. The van der Waals surface area contributed by atoms with E-state index in [0.717, 1.165) is 36.5 Å². The van der Waals surface area contributed by atoms with Crippen molar-refractivity contribution in [3.05, 3.63) is 108 Å². The fourth-order valence-electron chi connectivity index (χ4n) is 2.55. The summed E-state index contributed by atoms with van der Waals surface area (Å²) in [5, 5.41) is 59.9. The number of nitrogens with zero attached hydrogens (tertiary/aromatic N) is 4. The fourth-order valence-corrected chi connectivity index (χ4v) is 2.55. The first kappa shape index (κ1) is 66.8. The van der Waals surface area contributed by atoms with Crippen molar-refractivity contribution in [3.8, 4) is 11.6 Å². The third-order valence-corrected chi connectivity index (χ3v) is 3.77. The molecule has 56 heavy (non-hydrogen) atoms. The van der Waals surface area contributed by atoms with Crippen LogP contribution in [0.3, 0.4) is 0 Å². The van der Waals surface area contributed by atoms with E-state index >= 15 is 0 Å². The molecular weight excluding hydrogens is 1020 g/mol. The zero-order valence-corrected chi connectivity index (χ0v) is 37.6. The van der Waals surface area contributed by atoms with Crippen molar-refractivity contribution in [3.63, 3.8) is 0 Å². The maximum Gasteiger partial charge on any atom is 3.00 e. The Morgan fingerprint density at radius 1 is 0.339 bits per heavy atom. The molecule has 2 rings (SSSR count). The average molecular weight is 1070 g/mol. The normalized spacial score (nSPS) is 10.6. The number of aromatic nitrogens is 4. The van der Waals surface area contributed by atoms with E-state index in [1.54, 1.807) is 36.9 Å². The second kappa shape index (κ2) is 43.7. The van der Waals surface area contributed by atoms with E-state index in [1.165, 1.54) is 83.1 Å². The molecule has 0 amide bonds. The molecule has 0 atom stereocenters. The van der Waals surface area contributed by atoms with Crippen LogP contribution in [0.5, 0.6) is 0 Å². The Kier molecular flexibility index (Phi) is 52.1. The van der Waals surface area contributed by atoms with Crippen LogP contribution < -0.4 is 30.6 Å². The topological polar surface area (TPSA) is 292 Å². The summed E-state index contributed by atoms with van der Waals surface area (Å²) >= 11 is 0. The Bertz CT molecular complexity index is 1360. The molecule has 18 heteroatoms. The van der Waals surface area contributed by atoms with Gasteiger partial charge in [-0.15, -0.1) is 34.6 Å². The zero-order chi connectivity index (χ0) is 43.4. The van der Waals surface area contributed by atoms with Crippen LogP contribution in [-0.4, -0.2) is 54.6 Å². The van der Waals surface area contributed by atoms with Crippen LogP contribution in [0.25, 0.3) is 11.6 Å². The van der Waals surface area contributed by atoms with Crippen molar-refractivity contribution in [2.45, 2.75) is 83.1 Å². The van der Waals surface area contributed by atoms with E-state index in [1.807, 2.05) is 0 Å². The minimum Gasteiger partial charge on any atom is -0.876 e. The van der Waals surface area contributed by atoms with Crippen LogP contribution in [0, 0.1) is 77.2 Å². The molecule has 0 aromatic carbocycles. The molecule has 0 unspecified atom stereocenters. The van der Waals surface area contributed by atoms with Gasteiger partial charge in [-0.25, -0.2) is 19.9 Å². The van der Waals surface area contributed by atoms with Crippen molar-refractivity contribution >= 4 is 34.7 Å². The van der Waals surface area contributed by atoms with Crippen molar-refractivity contribution in [2.75, 3.05) is 0 Å². The molecule has 0 N–H and O–H groups in total. The van der Waals surface area contributed by atoms with Crippen LogP contribution >= 0.6 is 0 Å². The van der Waals surface area contributed by atoms with Crippen LogP contribution in [0.15, 0.2) is 108 Å². The summed E-state index contributed by atoms with van der Waals surface area (Å²) in [6.07, 6.45) is 13.0. The monoisotopic (exact) mass is 1070 g/mol. The largest absolute Gasteiger partial charge is 3.00 e. The molecule has 0 spiro atoms. The Labute approximate surface area is 390 Å². The maximum absolute atomic E-state index is 9.98. The van der Waals surface area contributed by atoms with Gasteiger partial charge in [0.2, 0.25) is 0 Å². The van der Waals surface area contributed by atoms with Gasteiger partial charge in [-0.3, -0.25) is 28.8 Å². The summed E-state index contributed by atoms with van der Waals surface area (Å²) in [6.45, 7) is 16.2. The molecule has 0 radical (unpaired) electrons.